The topological polar surface area (TPSA) is 75.2 Å². The van der Waals surface area contributed by atoms with Gasteiger partial charge in [0.1, 0.15) is 23.9 Å². The van der Waals surface area contributed by atoms with Crippen LogP contribution in [0.15, 0.2) is 67.0 Å². The number of phenolic OH excluding ortho intramolecular Hbond substituents is 1. The Morgan fingerprint density at radius 1 is 1.21 bits per heavy atom. The number of carbonyl (C=O) groups is 1. The van der Waals surface area contributed by atoms with Gasteiger partial charge in [0.2, 0.25) is 0 Å². The molecule has 0 saturated heterocycles. The minimum absolute atomic E-state index is 0.116. The molecule has 5 nitrogen and oxygen atoms in total. The number of ether oxygens (including phenoxy) is 1. The molecule has 0 amide bonds. The van der Waals surface area contributed by atoms with Crippen molar-refractivity contribution in [1.29, 1.82) is 0 Å². The van der Waals surface area contributed by atoms with Crippen molar-refractivity contribution >= 4 is 11.9 Å². The van der Waals surface area contributed by atoms with Crippen molar-refractivity contribution in [2.45, 2.75) is 6.61 Å². The average Bonchev–Trinajstić information content (AvgIpc) is 3.12. The normalized spacial score (nSPS) is 10.8. The second kappa shape index (κ2) is 7.28. The van der Waals surface area contributed by atoms with E-state index in [1.807, 2.05) is 30.3 Å². The second-order valence-electron chi connectivity index (χ2n) is 5.13. The molecule has 5 heteroatoms. The number of nitrogens with zero attached hydrogens (tertiary/aromatic N) is 1. The SMILES string of the molecule is O=C(C=Cc1ncc[nH]1)c1ccc(OCc2ccccc2)cc1O. The van der Waals surface area contributed by atoms with E-state index in [4.69, 9.17) is 4.74 Å². The van der Waals surface area contributed by atoms with Gasteiger partial charge < -0.3 is 14.8 Å². The van der Waals surface area contributed by atoms with Gasteiger partial charge in [-0.15, -0.1) is 0 Å². The summed E-state index contributed by atoms with van der Waals surface area (Å²) in [5.74, 6) is 0.654. The van der Waals surface area contributed by atoms with Gasteiger partial charge in [0, 0.05) is 18.5 Å². The van der Waals surface area contributed by atoms with E-state index in [1.165, 1.54) is 12.1 Å². The van der Waals surface area contributed by atoms with E-state index in [0.717, 1.165) is 5.56 Å². The second-order valence-corrected chi connectivity index (χ2v) is 5.13. The molecule has 1 heterocycles. The zero-order valence-electron chi connectivity index (χ0n) is 12.8. The number of hydrogen-bond donors (Lipinski definition) is 2. The van der Waals surface area contributed by atoms with Crippen molar-refractivity contribution in [3.05, 3.63) is 84.0 Å². The van der Waals surface area contributed by atoms with Crippen molar-refractivity contribution in [2.24, 2.45) is 0 Å². The summed E-state index contributed by atoms with van der Waals surface area (Å²) in [6.07, 6.45) is 6.18. The van der Waals surface area contributed by atoms with E-state index < -0.39 is 0 Å². The first kappa shape index (κ1) is 15.6. The molecule has 0 bridgehead atoms. The van der Waals surface area contributed by atoms with Crippen molar-refractivity contribution in [2.75, 3.05) is 0 Å². The first-order chi connectivity index (χ1) is 11.7. The Labute approximate surface area is 139 Å². The van der Waals surface area contributed by atoms with Crippen molar-refractivity contribution in [3.8, 4) is 11.5 Å². The molecule has 3 aromatic rings. The fourth-order valence-electron chi connectivity index (χ4n) is 2.16. The van der Waals surface area contributed by atoms with Gasteiger partial charge in [0.05, 0.1) is 5.56 Å². The number of aromatic amines is 1. The lowest BCUT2D eigenvalue weighted by atomic mass is 10.1. The number of allylic oxidation sites excluding steroid dienone is 1. The van der Waals surface area contributed by atoms with Crippen LogP contribution in [0.3, 0.4) is 0 Å². The summed E-state index contributed by atoms with van der Waals surface area (Å²) in [5, 5.41) is 10.1. The molecule has 0 aliphatic heterocycles. The summed E-state index contributed by atoms with van der Waals surface area (Å²) in [4.78, 5) is 19.0. The molecule has 0 atom stereocenters. The molecule has 0 unspecified atom stereocenters. The number of hydrogen-bond acceptors (Lipinski definition) is 4. The van der Waals surface area contributed by atoms with Crippen molar-refractivity contribution in [1.82, 2.24) is 9.97 Å². The van der Waals surface area contributed by atoms with Gasteiger partial charge in [0.15, 0.2) is 5.78 Å². The largest absolute Gasteiger partial charge is 0.507 e. The first-order valence-corrected chi connectivity index (χ1v) is 7.44. The maximum Gasteiger partial charge on any atom is 0.189 e. The molecule has 0 aliphatic carbocycles. The van der Waals surface area contributed by atoms with E-state index in [1.54, 1.807) is 30.6 Å². The number of ketones is 1. The Morgan fingerprint density at radius 3 is 2.75 bits per heavy atom. The number of nitrogens with one attached hydrogen (secondary N) is 1. The minimum atomic E-state index is -0.307. The van der Waals surface area contributed by atoms with Crippen LogP contribution in [-0.2, 0) is 6.61 Å². The van der Waals surface area contributed by atoms with Gasteiger partial charge in [-0.05, 0) is 29.8 Å². The fourth-order valence-corrected chi connectivity index (χ4v) is 2.16. The quantitative estimate of drug-likeness (QED) is 0.537. The van der Waals surface area contributed by atoms with Crippen LogP contribution in [-0.4, -0.2) is 20.9 Å². The Kier molecular flexibility index (Phi) is 4.72. The molecule has 0 spiro atoms. The number of aromatic nitrogens is 2. The lowest BCUT2D eigenvalue weighted by Gasteiger charge is -2.08. The average molecular weight is 320 g/mol. The summed E-state index contributed by atoms with van der Waals surface area (Å²) in [5.41, 5.74) is 1.24. The predicted octanol–water partition coefficient (Wildman–Crippen LogP) is 3.59. The third-order valence-corrected chi connectivity index (χ3v) is 3.39. The number of imidazole rings is 1. The molecule has 2 N–H and O–H groups in total. The van der Waals surface area contributed by atoms with E-state index in [0.29, 0.717) is 18.2 Å². The van der Waals surface area contributed by atoms with Gasteiger partial charge in [-0.1, -0.05) is 30.3 Å². The number of H-pyrrole nitrogens is 1. The van der Waals surface area contributed by atoms with Crippen LogP contribution in [0, 0.1) is 0 Å². The maximum absolute atomic E-state index is 12.1. The molecule has 120 valence electrons. The smallest absolute Gasteiger partial charge is 0.189 e. The summed E-state index contributed by atoms with van der Waals surface area (Å²) in [6.45, 7) is 0.395. The molecular formula is C19H16N2O3. The van der Waals surface area contributed by atoms with Crippen LogP contribution < -0.4 is 4.74 Å². The summed E-state index contributed by atoms with van der Waals surface area (Å²) < 4.78 is 5.62. The third-order valence-electron chi connectivity index (χ3n) is 3.39. The number of carbonyl (C=O) groups excluding carboxylic acids is 1. The monoisotopic (exact) mass is 320 g/mol. The Balaban J connectivity index is 1.67. The third kappa shape index (κ3) is 3.89. The first-order valence-electron chi connectivity index (χ1n) is 7.44. The zero-order valence-corrected chi connectivity index (χ0v) is 12.8. The molecule has 3 rings (SSSR count). The highest BCUT2D eigenvalue weighted by Gasteiger charge is 2.10. The van der Waals surface area contributed by atoms with E-state index in [2.05, 4.69) is 9.97 Å². The predicted molar refractivity (Wildman–Crippen MR) is 90.8 cm³/mol. The molecule has 0 aliphatic rings. The van der Waals surface area contributed by atoms with Crippen LogP contribution in [0.5, 0.6) is 11.5 Å². The van der Waals surface area contributed by atoms with Crippen molar-refractivity contribution < 1.29 is 14.6 Å². The Hall–Kier alpha value is -3.34. The van der Waals surface area contributed by atoms with Crippen molar-refractivity contribution in [3.63, 3.8) is 0 Å². The molecule has 24 heavy (non-hydrogen) atoms. The zero-order chi connectivity index (χ0) is 16.8. The molecular weight excluding hydrogens is 304 g/mol. The Bertz CT molecular complexity index is 840. The van der Waals surface area contributed by atoms with Gasteiger partial charge in [-0.25, -0.2) is 4.98 Å². The highest BCUT2D eigenvalue weighted by molar-refractivity contribution is 6.08. The maximum atomic E-state index is 12.1. The van der Waals surface area contributed by atoms with Gasteiger partial charge >= 0.3 is 0 Å². The molecule has 0 radical (unpaired) electrons. The molecule has 2 aromatic carbocycles. The van der Waals surface area contributed by atoms with Gasteiger partial charge in [0.25, 0.3) is 0 Å². The lowest BCUT2D eigenvalue weighted by Crippen LogP contribution is -1.98. The number of aromatic hydroxyl groups is 1. The van der Waals surface area contributed by atoms with Gasteiger partial charge in [-0.2, -0.15) is 0 Å². The van der Waals surface area contributed by atoms with Crippen LogP contribution >= 0.6 is 0 Å². The number of phenols is 1. The highest BCUT2D eigenvalue weighted by atomic mass is 16.5. The highest BCUT2D eigenvalue weighted by Crippen LogP contribution is 2.25. The van der Waals surface area contributed by atoms with E-state index in [9.17, 15) is 9.90 Å². The van der Waals surface area contributed by atoms with Crippen LogP contribution in [0.25, 0.3) is 6.08 Å². The Morgan fingerprint density at radius 2 is 2.04 bits per heavy atom. The lowest BCUT2D eigenvalue weighted by molar-refractivity contribution is 0.104. The summed E-state index contributed by atoms with van der Waals surface area (Å²) >= 11 is 0. The fraction of sp³-hybridized carbons (Fsp3) is 0.0526. The number of benzene rings is 2. The van der Waals surface area contributed by atoms with Crippen LogP contribution in [0.1, 0.15) is 21.7 Å². The molecule has 0 saturated carbocycles. The minimum Gasteiger partial charge on any atom is -0.507 e. The summed E-state index contributed by atoms with van der Waals surface area (Å²) in [7, 11) is 0. The molecule has 1 aromatic heterocycles. The van der Waals surface area contributed by atoms with E-state index >= 15 is 0 Å². The van der Waals surface area contributed by atoms with Gasteiger partial charge in [-0.3, -0.25) is 4.79 Å². The van der Waals surface area contributed by atoms with E-state index in [-0.39, 0.29) is 17.1 Å². The standard InChI is InChI=1S/C19H16N2O3/c22-17(8-9-19-20-10-11-21-19)16-7-6-15(12-18(16)23)24-13-14-4-2-1-3-5-14/h1-12,23H,13H2,(H,20,21). The van der Waals surface area contributed by atoms with Crippen LogP contribution in [0.2, 0.25) is 0 Å². The van der Waals surface area contributed by atoms with Crippen LogP contribution in [0.4, 0.5) is 0 Å². The summed E-state index contributed by atoms with van der Waals surface area (Å²) in [6, 6.07) is 14.4. The number of rotatable bonds is 6. The molecule has 0 fully saturated rings.